The largest absolute Gasteiger partial charge is 0.497 e. The highest BCUT2D eigenvalue weighted by Crippen LogP contribution is 2.35. The highest BCUT2D eigenvalue weighted by molar-refractivity contribution is 7.14. The summed E-state index contributed by atoms with van der Waals surface area (Å²) in [7, 11) is 3.18. The molecule has 32 heavy (non-hydrogen) atoms. The second-order valence-corrected chi connectivity index (χ2v) is 8.37. The molecule has 0 unspecified atom stereocenters. The summed E-state index contributed by atoms with van der Waals surface area (Å²) >= 11 is 2.69. The van der Waals surface area contributed by atoms with Crippen molar-refractivity contribution in [3.8, 4) is 22.8 Å². The number of hydrogen-bond acceptors (Lipinski definition) is 7. The van der Waals surface area contributed by atoms with Crippen LogP contribution in [0.4, 0.5) is 10.8 Å². The molecule has 0 aliphatic heterocycles. The van der Waals surface area contributed by atoms with E-state index in [4.69, 9.17) is 9.47 Å². The van der Waals surface area contributed by atoms with Crippen LogP contribution in [0.5, 0.6) is 11.5 Å². The number of nitrogens with zero attached hydrogens (tertiary/aromatic N) is 1. The second kappa shape index (κ2) is 9.63. The van der Waals surface area contributed by atoms with Gasteiger partial charge in [-0.05, 0) is 47.8 Å². The van der Waals surface area contributed by atoms with Gasteiger partial charge in [-0.25, -0.2) is 4.98 Å². The van der Waals surface area contributed by atoms with Crippen molar-refractivity contribution in [1.82, 2.24) is 4.98 Å². The van der Waals surface area contributed by atoms with Crippen LogP contribution in [-0.4, -0.2) is 31.0 Å². The lowest BCUT2D eigenvalue weighted by atomic mass is 10.1. The van der Waals surface area contributed by atoms with Gasteiger partial charge in [0.05, 0.1) is 24.8 Å². The maximum atomic E-state index is 12.6. The molecule has 0 atom stereocenters. The van der Waals surface area contributed by atoms with E-state index >= 15 is 0 Å². The number of benzene rings is 2. The fraction of sp³-hybridized carbons (Fsp3) is 0.0870. The number of methoxy groups -OCH3 is 2. The molecule has 2 aromatic heterocycles. The molecule has 0 bridgehead atoms. The van der Waals surface area contributed by atoms with Gasteiger partial charge >= 0.3 is 0 Å². The van der Waals surface area contributed by atoms with Gasteiger partial charge in [0.15, 0.2) is 5.13 Å². The van der Waals surface area contributed by atoms with Gasteiger partial charge in [-0.2, -0.15) is 0 Å². The Kier molecular flexibility index (Phi) is 6.48. The van der Waals surface area contributed by atoms with Gasteiger partial charge in [0.2, 0.25) is 0 Å². The molecule has 0 fully saturated rings. The van der Waals surface area contributed by atoms with E-state index in [9.17, 15) is 9.59 Å². The molecule has 9 heteroatoms. The Labute approximate surface area is 192 Å². The minimum absolute atomic E-state index is 0.179. The van der Waals surface area contributed by atoms with Gasteiger partial charge in [0.25, 0.3) is 11.8 Å². The van der Waals surface area contributed by atoms with Crippen molar-refractivity contribution >= 4 is 45.3 Å². The fourth-order valence-corrected chi connectivity index (χ4v) is 4.26. The van der Waals surface area contributed by atoms with Gasteiger partial charge in [-0.1, -0.05) is 6.07 Å². The third-order valence-corrected chi connectivity index (χ3v) is 6.19. The first kappa shape index (κ1) is 21.5. The first-order chi connectivity index (χ1) is 15.6. The van der Waals surface area contributed by atoms with Crippen molar-refractivity contribution in [2.24, 2.45) is 0 Å². The highest BCUT2D eigenvalue weighted by Gasteiger charge is 2.14. The number of aromatic nitrogens is 1. The van der Waals surface area contributed by atoms with E-state index in [1.807, 2.05) is 29.0 Å². The predicted molar refractivity (Wildman–Crippen MR) is 127 cm³/mol. The topological polar surface area (TPSA) is 89.6 Å². The molecule has 7 nitrogen and oxygen atoms in total. The summed E-state index contributed by atoms with van der Waals surface area (Å²) in [6.07, 6.45) is 0. The number of thiazole rings is 1. The molecular weight excluding hydrogens is 446 g/mol. The van der Waals surface area contributed by atoms with Crippen LogP contribution in [0.3, 0.4) is 0 Å². The van der Waals surface area contributed by atoms with Crippen LogP contribution >= 0.6 is 22.7 Å². The number of rotatable bonds is 7. The average molecular weight is 466 g/mol. The Bertz CT molecular complexity index is 1230. The third kappa shape index (κ3) is 4.79. The minimum Gasteiger partial charge on any atom is -0.497 e. The molecule has 2 aromatic carbocycles. The molecule has 2 heterocycles. The number of thiophene rings is 1. The van der Waals surface area contributed by atoms with Crippen LogP contribution in [0.15, 0.2) is 65.4 Å². The lowest BCUT2D eigenvalue weighted by molar-refractivity contribution is 0.102. The van der Waals surface area contributed by atoms with Crippen LogP contribution in [-0.2, 0) is 0 Å². The summed E-state index contributed by atoms with van der Waals surface area (Å²) in [5, 5.41) is 9.78. The standard InChI is InChI=1S/C23H19N3O4S2/c1-29-16-9-10-17(19(12-16)30-2)18-13-32-23(25-18)26-21(27)14-5-7-15(8-6-14)24-22(28)20-4-3-11-31-20/h3-13H,1-2H3,(H,24,28)(H,25,26,27). The van der Waals surface area contributed by atoms with Gasteiger partial charge in [-0.15, -0.1) is 22.7 Å². The van der Waals surface area contributed by atoms with Crippen LogP contribution in [0.1, 0.15) is 20.0 Å². The van der Waals surface area contributed by atoms with Gasteiger partial charge < -0.3 is 14.8 Å². The normalized spacial score (nSPS) is 10.4. The third-order valence-electron chi connectivity index (χ3n) is 4.56. The Balaban J connectivity index is 1.42. The van der Waals surface area contributed by atoms with E-state index in [1.54, 1.807) is 50.6 Å². The molecular formula is C23H19N3O4S2. The molecule has 2 N–H and O–H groups in total. The van der Waals surface area contributed by atoms with Gasteiger partial charge in [0.1, 0.15) is 11.5 Å². The molecule has 0 spiro atoms. The predicted octanol–water partition coefficient (Wildman–Crippen LogP) is 5.39. The maximum Gasteiger partial charge on any atom is 0.265 e. The highest BCUT2D eigenvalue weighted by atomic mass is 32.1. The Morgan fingerprint density at radius 3 is 2.41 bits per heavy atom. The lowest BCUT2D eigenvalue weighted by Gasteiger charge is -2.08. The first-order valence-corrected chi connectivity index (χ1v) is 11.3. The molecule has 4 aromatic rings. The molecule has 2 amide bonds. The summed E-state index contributed by atoms with van der Waals surface area (Å²) in [4.78, 5) is 29.9. The summed E-state index contributed by atoms with van der Waals surface area (Å²) in [5.41, 5.74) is 2.56. The summed E-state index contributed by atoms with van der Waals surface area (Å²) in [6.45, 7) is 0. The summed E-state index contributed by atoms with van der Waals surface area (Å²) in [6, 6.07) is 15.7. The molecule has 0 radical (unpaired) electrons. The quantitative estimate of drug-likeness (QED) is 0.382. The smallest absolute Gasteiger partial charge is 0.265 e. The van der Waals surface area contributed by atoms with Crippen LogP contribution in [0.25, 0.3) is 11.3 Å². The number of nitrogens with one attached hydrogen (secondary N) is 2. The zero-order valence-corrected chi connectivity index (χ0v) is 18.9. The number of carbonyl (C=O) groups is 2. The molecule has 0 saturated carbocycles. The van der Waals surface area contributed by atoms with E-state index in [0.29, 0.717) is 38.5 Å². The van der Waals surface area contributed by atoms with Crippen LogP contribution in [0, 0.1) is 0 Å². The molecule has 0 saturated heterocycles. The molecule has 162 valence electrons. The Morgan fingerprint density at radius 1 is 0.906 bits per heavy atom. The Morgan fingerprint density at radius 2 is 1.72 bits per heavy atom. The molecule has 0 aliphatic rings. The molecule has 0 aliphatic carbocycles. The van der Waals surface area contributed by atoms with Crippen molar-refractivity contribution in [3.63, 3.8) is 0 Å². The summed E-state index contributed by atoms with van der Waals surface area (Å²) in [5.74, 6) is 0.849. The lowest BCUT2D eigenvalue weighted by Crippen LogP contribution is -2.13. The van der Waals surface area contributed by atoms with Crippen molar-refractivity contribution in [2.45, 2.75) is 0 Å². The van der Waals surface area contributed by atoms with E-state index in [1.165, 1.54) is 22.7 Å². The van der Waals surface area contributed by atoms with E-state index in [-0.39, 0.29) is 11.8 Å². The maximum absolute atomic E-state index is 12.6. The number of ether oxygens (including phenoxy) is 2. The average Bonchev–Trinajstić information content (AvgIpc) is 3.51. The second-order valence-electron chi connectivity index (χ2n) is 6.57. The number of carbonyl (C=O) groups excluding carboxylic acids is 2. The van der Waals surface area contributed by atoms with Crippen molar-refractivity contribution in [3.05, 3.63) is 75.8 Å². The Hall–Kier alpha value is -3.69. The number of hydrogen-bond donors (Lipinski definition) is 2. The van der Waals surface area contributed by atoms with Crippen LogP contribution < -0.4 is 20.1 Å². The first-order valence-electron chi connectivity index (χ1n) is 9.51. The van der Waals surface area contributed by atoms with Crippen molar-refractivity contribution < 1.29 is 19.1 Å². The number of anilines is 2. The zero-order chi connectivity index (χ0) is 22.5. The van der Waals surface area contributed by atoms with Crippen molar-refractivity contribution in [1.29, 1.82) is 0 Å². The number of amides is 2. The van der Waals surface area contributed by atoms with Crippen LogP contribution in [0.2, 0.25) is 0 Å². The van der Waals surface area contributed by atoms with E-state index in [0.717, 1.165) is 5.56 Å². The van der Waals surface area contributed by atoms with Gasteiger partial charge in [-0.3, -0.25) is 14.9 Å². The van der Waals surface area contributed by atoms with Crippen molar-refractivity contribution in [2.75, 3.05) is 24.9 Å². The monoisotopic (exact) mass is 465 g/mol. The minimum atomic E-state index is -0.288. The van der Waals surface area contributed by atoms with E-state index in [2.05, 4.69) is 15.6 Å². The van der Waals surface area contributed by atoms with Gasteiger partial charge in [0, 0.05) is 28.3 Å². The van der Waals surface area contributed by atoms with E-state index < -0.39 is 0 Å². The fourth-order valence-electron chi connectivity index (χ4n) is 2.94. The zero-order valence-electron chi connectivity index (χ0n) is 17.2. The summed E-state index contributed by atoms with van der Waals surface area (Å²) < 4.78 is 10.7. The molecule has 4 rings (SSSR count). The SMILES string of the molecule is COc1ccc(-c2csc(NC(=O)c3ccc(NC(=O)c4cccs4)cc3)n2)c(OC)c1.